The van der Waals surface area contributed by atoms with Gasteiger partial charge in [-0.3, -0.25) is 19.4 Å². The molecule has 1 aliphatic heterocycles. The number of anilines is 2. The fourth-order valence-corrected chi connectivity index (χ4v) is 5.75. The Balaban J connectivity index is 1.24. The predicted molar refractivity (Wildman–Crippen MR) is 149 cm³/mol. The summed E-state index contributed by atoms with van der Waals surface area (Å²) in [6, 6.07) is 11.8. The number of piperidine rings is 1. The highest BCUT2D eigenvalue weighted by Gasteiger charge is 2.24. The Bertz CT molecular complexity index is 1430. The molecule has 1 saturated heterocycles. The molecule has 2 aliphatic rings. The first-order valence-electron chi connectivity index (χ1n) is 13.8. The lowest BCUT2D eigenvalue weighted by Crippen LogP contribution is -2.33. The molecule has 0 unspecified atom stereocenters. The van der Waals surface area contributed by atoms with Gasteiger partial charge >= 0.3 is 0 Å². The molecule has 1 saturated carbocycles. The van der Waals surface area contributed by atoms with Crippen LogP contribution in [0.1, 0.15) is 56.7 Å². The van der Waals surface area contributed by atoms with Crippen LogP contribution in [-0.2, 0) is 0 Å². The summed E-state index contributed by atoms with van der Waals surface area (Å²) in [5, 5.41) is 11.2. The fraction of sp³-hybridized carbons (Fsp3) is 0.448. The molecule has 198 valence electrons. The van der Waals surface area contributed by atoms with Crippen molar-refractivity contribution in [3.05, 3.63) is 58.6 Å². The van der Waals surface area contributed by atoms with E-state index in [4.69, 9.17) is 14.7 Å². The zero-order valence-electron chi connectivity index (χ0n) is 21.9. The lowest BCUT2D eigenvalue weighted by molar-refractivity contribution is 0.183. The van der Waals surface area contributed by atoms with Crippen LogP contribution in [0.25, 0.3) is 22.3 Å². The third-order valence-corrected chi connectivity index (χ3v) is 7.80. The van der Waals surface area contributed by atoms with Gasteiger partial charge in [0, 0.05) is 29.9 Å². The maximum absolute atomic E-state index is 13.7. The number of fused-ring (bicyclic) bond motifs is 1. The van der Waals surface area contributed by atoms with Crippen molar-refractivity contribution >= 4 is 22.7 Å². The van der Waals surface area contributed by atoms with Gasteiger partial charge in [-0.25, -0.2) is 4.98 Å². The van der Waals surface area contributed by atoms with Crippen molar-refractivity contribution in [2.75, 3.05) is 31.6 Å². The van der Waals surface area contributed by atoms with Crippen molar-refractivity contribution in [2.45, 2.75) is 57.9 Å². The van der Waals surface area contributed by atoms with E-state index in [1.165, 1.54) is 32.4 Å². The lowest BCUT2D eigenvalue weighted by atomic mass is 10.1. The minimum absolute atomic E-state index is 0.0382. The second-order valence-corrected chi connectivity index (χ2v) is 10.4. The summed E-state index contributed by atoms with van der Waals surface area (Å²) < 4.78 is 7.86. The summed E-state index contributed by atoms with van der Waals surface area (Å²) in [6.45, 7) is 5.98. The molecule has 6 rings (SSSR count). The van der Waals surface area contributed by atoms with E-state index in [-0.39, 0.29) is 11.6 Å². The summed E-state index contributed by atoms with van der Waals surface area (Å²) in [4.78, 5) is 25.8. The van der Waals surface area contributed by atoms with Crippen LogP contribution in [0.5, 0.6) is 5.75 Å². The smallest absolute Gasteiger partial charge is 0.261 e. The van der Waals surface area contributed by atoms with E-state index in [0.29, 0.717) is 29.5 Å². The van der Waals surface area contributed by atoms with E-state index < -0.39 is 0 Å². The average molecular weight is 514 g/mol. The Morgan fingerprint density at radius 3 is 2.55 bits per heavy atom. The third kappa shape index (κ3) is 5.15. The van der Waals surface area contributed by atoms with Crippen LogP contribution in [0.2, 0.25) is 0 Å². The minimum Gasteiger partial charge on any atom is -0.492 e. The van der Waals surface area contributed by atoms with Gasteiger partial charge in [0.2, 0.25) is 5.95 Å². The highest BCUT2D eigenvalue weighted by Crippen LogP contribution is 2.32. The first kappa shape index (κ1) is 24.6. The van der Waals surface area contributed by atoms with Crippen LogP contribution in [0, 0.1) is 6.92 Å². The lowest BCUT2D eigenvalue weighted by Gasteiger charge is -2.26. The predicted octanol–water partition coefficient (Wildman–Crippen LogP) is 5.21. The summed E-state index contributed by atoms with van der Waals surface area (Å²) in [6.07, 6.45) is 9.79. The van der Waals surface area contributed by atoms with Crippen molar-refractivity contribution in [1.82, 2.24) is 29.6 Å². The second-order valence-electron chi connectivity index (χ2n) is 10.4. The number of aryl methyl sites for hydroxylation is 1. The van der Waals surface area contributed by atoms with Crippen molar-refractivity contribution in [3.63, 3.8) is 0 Å². The normalized spacial score (nSPS) is 16.8. The highest BCUT2D eigenvalue weighted by molar-refractivity contribution is 5.84. The van der Waals surface area contributed by atoms with E-state index in [1.807, 2.05) is 47.9 Å². The van der Waals surface area contributed by atoms with Crippen LogP contribution in [0.15, 0.2) is 47.4 Å². The third-order valence-electron chi connectivity index (χ3n) is 7.80. The molecule has 1 aliphatic carbocycles. The van der Waals surface area contributed by atoms with Gasteiger partial charge in [-0.15, -0.1) is 0 Å². The monoisotopic (exact) mass is 513 g/mol. The number of aromatic amines is 1. The van der Waals surface area contributed by atoms with Gasteiger partial charge in [-0.05, 0) is 82.1 Å². The summed E-state index contributed by atoms with van der Waals surface area (Å²) >= 11 is 0. The molecular formula is C29H35N7O2. The van der Waals surface area contributed by atoms with E-state index in [1.54, 1.807) is 6.20 Å². The van der Waals surface area contributed by atoms with Gasteiger partial charge in [0.1, 0.15) is 18.0 Å². The molecule has 0 radical (unpaired) electrons. The average Bonchev–Trinajstić information content (AvgIpc) is 3.65. The number of pyridine rings is 1. The van der Waals surface area contributed by atoms with E-state index in [2.05, 4.69) is 20.4 Å². The first-order chi connectivity index (χ1) is 18.7. The quantitative estimate of drug-likeness (QED) is 0.333. The number of rotatable bonds is 8. The molecule has 2 N–H and O–H groups in total. The molecule has 0 spiro atoms. The molecule has 4 heterocycles. The zero-order valence-corrected chi connectivity index (χ0v) is 21.9. The minimum atomic E-state index is -0.0382. The molecular weight excluding hydrogens is 478 g/mol. The number of aromatic nitrogens is 5. The maximum Gasteiger partial charge on any atom is 0.261 e. The van der Waals surface area contributed by atoms with Gasteiger partial charge in [0.05, 0.1) is 17.0 Å². The highest BCUT2D eigenvalue weighted by atomic mass is 16.5. The van der Waals surface area contributed by atoms with Gasteiger partial charge < -0.3 is 10.1 Å². The van der Waals surface area contributed by atoms with Crippen LogP contribution >= 0.6 is 0 Å². The number of nitrogens with zero attached hydrogens (tertiary/aromatic N) is 5. The first-order valence-corrected chi connectivity index (χ1v) is 13.8. The van der Waals surface area contributed by atoms with Crippen LogP contribution in [-0.4, -0.2) is 55.9 Å². The number of likely N-dealkylation sites (tertiary alicyclic amines) is 1. The van der Waals surface area contributed by atoms with Crippen molar-refractivity contribution in [1.29, 1.82) is 0 Å². The molecule has 0 amide bonds. The molecule has 3 aromatic heterocycles. The molecule has 0 bridgehead atoms. The van der Waals surface area contributed by atoms with E-state index in [9.17, 15) is 4.79 Å². The van der Waals surface area contributed by atoms with Crippen LogP contribution < -0.4 is 15.6 Å². The number of ether oxygens (including phenoxy) is 1. The topological polar surface area (TPSA) is 101 Å². The molecule has 38 heavy (non-hydrogen) atoms. The Morgan fingerprint density at radius 2 is 1.82 bits per heavy atom. The van der Waals surface area contributed by atoms with Crippen LogP contribution in [0.4, 0.5) is 11.6 Å². The number of hydrogen-bond donors (Lipinski definition) is 2. The van der Waals surface area contributed by atoms with Gasteiger partial charge in [0.25, 0.3) is 5.56 Å². The van der Waals surface area contributed by atoms with Gasteiger partial charge in [-0.2, -0.15) is 10.1 Å². The Morgan fingerprint density at radius 1 is 1.03 bits per heavy atom. The summed E-state index contributed by atoms with van der Waals surface area (Å²) in [7, 11) is 0. The Kier molecular flexibility index (Phi) is 7.09. The largest absolute Gasteiger partial charge is 0.492 e. The molecule has 1 aromatic carbocycles. The molecule has 4 aromatic rings. The van der Waals surface area contributed by atoms with Gasteiger partial charge in [0.15, 0.2) is 0 Å². The molecule has 0 atom stereocenters. The zero-order chi connectivity index (χ0) is 25.9. The van der Waals surface area contributed by atoms with E-state index in [0.717, 1.165) is 54.7 Å². The van der Waals surface area contributed by atoms with Crippen LogP contribution in [0.3, 0.4) is 0 Å². The number of nitrogens with one attached hydrogen (secondary N) is 2. The van der Waals surface area contributed by atoms with Gasteiger partial charge in [-0.1, -0.05) is 19.3 Å². The summed E-state index contributed by atoms with van der Waals surface area (Å²) in [5.74, 6) is 1.33. The Hall–Kier alpha value is -3.72. The standard InChI is InChI=1S/C29H35N7O2/c1-20-24-19-25(26-13-14-30-34-26)28(37)36(22-7-3-4-8-22)27(24)33-29(31-20)32-21-9-11-23(12-10-21)38-18-17-35-15-5-2-6-16-35/h9-14,19,22H,2-8,15-18H2,1H3,(H,30,34)(H,31,32,33). The van der Waals surface area contributed by atoms with E-state index >= 15 is 0 Å². The number of H-pyrrole nitrogens is 1. The second kappa shape index (κ2) is 10.9. The molecule has 9 heteroatoms. The number of benzene rings is 1. The molecule has 9 nitrogen and oxygen atoms in total. The maximum atomic E-state index is 13.7. The SMILES string of the molecule is Cc1nc(Nc2ccc(OCCN3CCCCC3)cc2)nc2c1cc(-c1ccn[nH]1)c(=O)n2C1CCCC1. The Labute approximate surface area is 222 Å². The fourth-order valence-electron chi connectivity index (χ4n) is 5.75. The van der Waals surface area contributed by atoms with Crippen molar-refractivity contribution in [3.8, 4) is 17.0 Å². The number of hydrogen-bond acceptors (Lipinski definition) is 7. The van der Waals surface area contributed by atoms with Crippen molar-refractivity contribution < 1.29 is 4.74 Å². The summed E-state index contributed by atoms with van der Waals surface area (Å²) in [5.41, 5.74) is 3.65. The van der Waals surface area contributed by atoms with Crippen molar-refractivity contribution in [2.24, 2.45) is 0 Å². The molecule has 2 fully saturated rings.